The number of benzene rings is 2. The summed E-state index contributed by atoms with van der Waals surface area (Å²) in [6.07, 6.45) is 1.69. The van der Waals surface area contributed by atoms with Gasteiger partial charge in [-0.25, -0.2) is 4.79 Å². The SMILES string of the molecule is C=CCn1c(SCC(=O)Nc2ccccc2C(=O)OC)nnc1[C@H](NC(=O)c1ccccc1Cl)C(C)C. The molecule has 2 aromatic carbocycles. The van der Waals surface area contributed by atoms with Crippen molar-refractivity contribution in [2.45, 2.75) is 31.6 Å². The van der Waals surface area contributed by atoms with Crippen LogP contribution in [-0.2, 0) is 16.1 Å². The number of halogens is 1. The number of nitrogens with one attached hydrogen (secondary N) is 2. The minimum Gasteiger partial charge on any atom is -0.465 e. The van der Waals surface area contributed by atoms with Gasteiger partial charge in [0, 0.05) is 6.54 Å². The number of carbonyl (C=O) groups is 3. The predicted octanol–water partition coefficient (Wildman–Crippen LogP) is 4.76. The number of hydrogen-bond acceptors (Lipinski definition) is 7. The van der Waals surface area contributed by atoms with Gasteiger partial charge in [0.15, 0.2) is 11.0 Å². The third-order valence-corrected chi connectivity index (χ3v) is 6.64. The van der Waals surface area contributed by atoms with Crippen molar-refractivity contribution >= 4 is 46.8 Å². The highest BCUT2D eigenvalue weighted by atomic mass is 35.5. The fourth-order valence-corrected chi connectivity index (χ4v) is 4.50. The summed E-state index contributed by atoms with van der Waals surface area (Å²) < 4.78 is 6.58. The molecule has 9 nitrogen and oxygen atoms in total. The van der Waals surface area contributed by atoms with Crippen LogP contribution in [0.4, 0.5) is 5.69 Å². The van der Waals surface area contributed by atoms with Gasteiger partial charge in [0.1, 0.15) is 0 Å². The number of carbonyl (C=O) groups excluding carboxylic acids is 3. The maximum Gasteiger partial charge on any atom is 0.339 e. The van der Waals surface area contributed by atoms with Crippen molar-refractivity contribution in [3.05, 3.63) is 83.2 Å². The van der Waals surface area contributed by atoms with Crippen LogP contribution in [0.15, 0.2) is 66.3 Å². The van der Waals surface area contributed by atoms with Gasteiger partial charge in [-0.2, -0.15) is 0 Å². The average molecular weight is 542 g/mol. The molecular formula is C26H28ClN5O4S. The molecule has 0 bridgehead atoms. The molecule has 0 aliphatic rings. The van der Waals surface area contributed by atoms with Crippen LogP contribution < -0.4 is 10.6 Å². The van der Waals surface area contributed by atoms with E-state index in [0.717, 1.165) is 0 Å². The summed E-state index contributed by atoms with van der Waals surface area (Å²) in [6, 6.07) is 12.9. The summed E-state index contributed by atoms with van der Waals surface area (Å²) >= 11 is 7.38. The molecule has 1 atom stereocenters. The van der Waals surface area contributed by atoms with Crippen LogP contribution in [0.2, 0.25) is 5.02 Å². The largest absolute Gasteiger partial charge is 0.465 e. The lowest BCUT2D eigenvalue weighted by Crippen LogP contribution is -2.34. The Kier molecular flexibility index (Phi) is 9.87. The Balaban J connectivity index is 1.77. The highest BCUT2D eigenvalue weighted by molar-refractivity contribution is 7.99. The second kappa shape index (κ2) is 13.1. The number of esters is 1. The van der Waals surface area contributed by atoms with Crippen LogP contribution in [0.1, 0.15) is 46.4 Å². The number of aromatic nitrogens is 3. The van der Waals surface area contributed by atoms with Crippen LogP contribution >= 0.6 is 23.4 Å². The molecule has 3 rings (SSSR count). The lowest BCUT2D eigenvalue weighted by Gasteiger charge is -2.23. The van der Waals surface area contributed by atoms with E-state index in [1.807, 2.05) is 18.4 Å². The zero-order chi connectivity index (χ0) is 26.9. The summed E-state index contributed by atoms with van der Waals surface area (Å²) in [5.74, 6) is -0.663. The fourth-order valence-electron chi connectivity index (χ4n) is 3.53. The summed E-state index contributed by atoms with van der Waals surface area (Å²) in [6.45, 7) is 8.12. The topological polar surface area (TPSA) is 115 Å². The molecule has 0 unspecified atom stereocenters. The highest BCUT2D eigenvalue weighted by Crippen LogP contribution is 2.27. The van der Waals surface area contributed by atoms with Crippen LogP contribution in [0.5, 0.6) is 0 Å². The number of thioether (sulfide) groups is 1. The van der Waals surface area contributed by atoms with Crippen LogP contribution in [0.3, 0.4) is 0 Å². The summed E-state index contributed by atoms with van der Waals surface area (Å²) in [4.78, 5) is 37.6. The van der Waals surface area contributed by atoms with E-state index in [-0.39, 0.29) is 29.0 Å². The number of ether oxygens (including phenoxy) is 1. The molecule has 2 N–H and O–H groups in total. The van der Waals surface area contributed by atoms with E-state index >= 15 is 0 Å². The standard InChI is InChI=1S/C26H28ClN5O4S/c1-5-14-32-23(22(16(2)3)29-24(34)17-10-6-8-12-19(17)27)30-31-26(32)37-15-21(33)28-20-13-9-7-11-18(20)25(35)36-4/h5-13,16,22H,1,14-15H2,2-4H3,(H,28,33)(H,29,34)/t22-/m1/s1. The molecule has 0 aliphatic carbocycles. The molecule has 0 spiro atoms. The van der Waals surface area contributed by atoms with Crippen molar-refractivity contribution in [3.8, 4) is 0 Å². The second-order valence-electron chi connectivity index (χ2n) is 8.29. The van der Waals surface area contributed by atoms with Gasteiger partial charge < -0.3 is 19.9 Å². The Morgan fingerprint density at radius 2 is 1.78 bits per heavy atom. The third-order valence-electron chi connectivity index (χ3n) is 5.35. The number of anilines is 1. The fraction of sp³-hybridized carbons (Fsp3) is 0.269. The Labute approximate surface area is 224 Å². The summed E-state index contributed by atoms with van der Waals surface area (Å²) in [5, 5.41) is 15.2. The van der Waals surface area contributed by atoms with Crippen molar-refractivity contribution in [2.75, 3.05) is 18.2 Å². The Morgan fingerprint density at radius 1 is 1.11 bits per heavy atom. The summed E-state index contributed by atoms with van der Waals surface area (Å²) in [7, 11) is 1.28. The first-order chi connectivity index (χ1) is 17.8. The van der Waals surface area contributed by atoms with Gasteiger partial charge in [0.25, 0.3) is 5.91 Å². The lowest BCUT2D eigenvalue weighted by atomic mass is 10.0. The first-order valence-corrected chi connectivity index (χ1v) is 12.8. The molecule has 1 heterocycles. The average Bonchev–Trinajstić information content (AvgIpc) is 3.28. The van der Waals surface area contributed by atoms with Gasteiger partial charge in [0.2, 0.25) is 5.91 Å². The number of amides is 2. The monoisotopic (exact) mass is 541 g/mol. The molecule has 11 heteroatoms. The molecule has 0 saturated carbocycles. The maximum atomic E-state index is 13.0. The van der Waals surface area contributed by atoms with Crippen LogP contribution in [0, 0.1) is 5.92 Å². The van der Waals surface area contributed by atoms with E-state index in [1.54, 1.807) is 54.6 Å². The van der Waals surface area contributed by atoms with E-state index in [2.05, 4.69) is 27.4 Å². The summed E-state index contributed by atoms with van der Waals surface area (Å²) in [5.41, 5.74) is 0.980. The van der Waals surface area contributed by atoms with Gasteiger partial charge in [-0.1, -0.05) is 67.6 Å². The molecule has 0 fully saturated rings. The van der Waals surface area contributed by atoms with E-state index < -0.39 is 12.0 Å². The molecule has 194 valence electrons. The minimum absolute atomic E-state index is 0.0170. The molecule has 0 radical (unpaired) electrons. The van der Waals surface area contributed by atoms with Crippen molar-refractivity contribution in [2.24, 2.45) is 5.92 Å². The Bertz CT molecular complexity index is 1290. The number of allylic oxidation sites excluding steroid dienone is 1. The number of methoxy groups -OCH3 is 1. The highest BCUT2D eigenvalue weighted by Gasteiger charge is 2.27. The van der Waals surface area contributed by atoms with E-state index in [9.17, 15) is 14.4 Å². The van der Waals surface area contributed by atoms with Crippen molar-refractivity contribution < 1.29 is 19.1 Å². The van der Waals surface area contributed by atoms with E-state index in [1.165, 1.54) is 18.9 Å². The lowest BCUT2D eigenvalue weighted by molar-refractivity contribution is -0.113. The van der Waals surface area contributed by atoms with Crippen LogP contribution in [0.25, 0.3) is 0 Å². The third kappa shape index (κ3) is 6.99. The normalized spacial score (nSPS) is 11.6. The first kappa shape index (κ1) is 27.9. The van der Waals surface area contributed by atoms with Crippen LogP contribution in [-0.4, -0.2) is 45.4 Å². The first-order valence-electron chi connectivity index (χ1n) is 11.5. The predicted molar refractivity (Wildman–Crippen MR) is 144 cm³/mol. The zero-order valence-electron chi connectivity index (χ0n) is 20.7. The molecule has 2 amide bonds. The van der Waals surface area contributed by atoms with Crippen molar-refractivity contribution in [1.82, 2.24) is 20.1 Å². The number of para-hydroxylation sites is 1. The van der Waals surface area contributed by atoms with E-state index in [0.29, 0.717) is 33.8 Å². The Morgan fingerprint density at radius 3 is 2.43 bits per heavy atom. The van der Waals surface area contributed by atoms with Gasteiger partial charge >= 0.3 is 5.97 Å². The molecule has 0 aliphatic heterocycles. The van der Waals surface area contributed by atoms with Gasteiger partial charge in [-0.3, -0.25) is 9.59 Å². The molecule has 3 aromatic rings. The molecular weight excluding hydrogens is 514 g/mol. The molecule has 37 heavy (non-hydrogen) atoms. The number of nitrogens with zero attached hydrogens (tertiary/aromatic N) is 3. The maximum absolute atomic E-state index is 13.0. The van der Waals surface area contributed by atoms with Crippen molar-refractivity contribution in [1.29, 1.82) is 0 Å². The van der Waals surface area contributed by atoms with Crippen molar-refractivity contribution in [3.63, 3.8) is 0 Å². The second-order valence-corrected chi connectivity index (χ2v) is 9.64. The Hall–Kier alpha value is -3.63. The van der Waals surface area contributed by atoms with Gasteiger partial charge in [-0.15, -0.1) is 16.8 Å². The molecule has 0 saturated heterocycles. The van der Waals surface area contributed by atoms with E-state index in [4.69, 9.17) is 16.3 Å². The smallest absolute Gasteiger partial charge is 0.339 e. The zero-order valence-corrected chi connectivity index (χ0v) is 22.3. The quantitative estimate of drug-likeness (QED) is 0.204. The number of hydrogen-bond donors (Lipinski definition) is 2. The minimum atomic E-state index is -0.544. The molecule has 1 aromatic heterocycles. The van der Waals surface area contributed by atoms with Gasteiger partial charge in [0.05, 0.1) is 40.7 Å². The van der Waals surface area contributed by atoms with Gasteiger partial charge in [-0.05, 0) is 30.2 Å². The number of rotatable bonds is 11.